The Morgan fingerprint density at radius 1 is 0.767 bits per heavy atom. The molecule has 0 saturated carbocycles. The van der Waals surface area contributed by atoms with Crippen LogP contribution in [0.25, 0.3) is 0 Å². The van der Waals surface area contributed by atoms with Gasteiger partial charge in [0.25, 0.3) is 0 Å². The Balaban J connectivity index is 5.61. The first-order chi connectivity index (χ1) is 14.3. The summed E-state index contributed by atoms with van der Waals surface area (Å²) in [6.07, 6.45) is 11.6. The summed E-state index contributed by atoms with van der Waals surface area (Å²) in [5.74, 6) is -1.99. The van der Waals surface area contributed by atoms with Crippen molar-refractivity contribution in [3.63, 3.8) is 0 Å². The molecule has 1 radical (unpaired) electrons. The SMILES string of the molecule is CCCCC(C[CH2][Sn]([CH2]CCC)[CH2]CCC)C(CCCC)(OOC(C)=O)OC(C)=O. The molecule has 30 heavy (non-hydrogen) atoms. The van der Waals surface area contributed by atoms with E-state index in [2.05, 4.69) is 27.7 Å². The molecule has 2 atom stereocenters. The molecule has 0 rings (SSSR count). The first-order valence-corrected chi connectivity index (χ1v) is 18.3. The Morgan fingerprint density at radius 2 is 1.33 bits per heavy atom. The van der Waals surface area contributed by atoms with Gasteiger partial charge in [-0.3, -0.25) is 0 Å². The molecule has 0 aromatic rings. The van der Waals surface area contributed by atoms with Gasteiger partial charge >= 0.3 is 193 Å². The zero-order valence-electron chi connectivity index (χ0n) is 20.5. The molecule has 2 unspecified atom stereocenters. The Bertz CT molecular complexity index is 449. The van der Waals surface area contributed by atoms with Gasteiger partial charge in [0.1, 0.15) is 0 Å². The van der Waals surface area contributed by atoms with Crippen molar-refractivity contribution in [2.45, 2.75) is 131 Å². The van der Waals surface area contributed by atoms with E-state index in [1.165, 1.54) is 52.8 Å². The Labute approximate surface area is 192 Å². The minimum atomic E-state index is -1.47. The molecule has 0 saturated heterocycles. The molecule has 0 spiro atoms. The van der Waals surface area contributed by atoms with Crippen molar-refractivity contribution >= 4 is 31.7 Å². The van der Waals surface area contributed by atoms with Crippen LogP contribution in [-0.4, -0.2) is 37.5 Å². The fraction of sp³-hybridized carbons (Fsp3) is 0.917. The molecule has 0 aliphatic heterocycles. The number of hydrogen-bond donors (Lipinski definition) is 0. The van der Waals surface area contributed by atoms with Crippen LogP contribution in [0.5, 0.6) is 0 Å². The van der Waals surface area contributed by atoms with Gasteiger partial charge in [0.2, 0.25) is 0 Å². The van der Waals surface area contributed by atoms with E-state index in [1.54, 1.807) is 0 Å². The third-order valence-corrected chi connectivity index (χ3v) is 14.5. The third kappa shape index (κ3) is 13.2. The first-order valence-electron chi connectivity index (χ1n) is 12.2. The minimum absolute atomic E-state index is 0.0612. The molecular weight excluding hydrogens is 487 g/mol. The molecule has 0 aliphatic carbocycles. The topological polar surface area (TPSA) is 61.8 Å². The molecule has 6 heteroatoms. The number of esters is 1. The van der Waals surface area contributed by atoms with Crippen LogP contribution in [-0.2, 0) is 24.1 Å². The average Bonchev–Trinajstić information content (AvgIpc) is 2.71. The van der Waals surface area contributed by atoms with Gasteiger partial charge in [-0.05, 0) is 0 Å². The van der Waals surface area contributed by atoms with E-state index in [4.69, 9.17) is 14.5 Å². The predicted octanol–water partition coefficient (Wildman–Crippen LogP) is 7.22. The van der Waals surface area contributed by atoms with Gasteiger partial charge in [0.15, 0.2) is 0 Å². The van der Waals surface area contributed by atoms with E-state index in [0.29, 0.717) is 6.42 Å². The Kier molecular flexibility index (Phi) is 18.1. The van der Waals surface area contributed by atoms with Crippen molar-refractivity contribution < 1.29 is 24.1 Å². The van der Waals surface area contributed by atoms with Crippen molar-refractivity contribution in [1.82, 2.24) is 0 Å². The van der Waals surface area contributed by atoms with E-state index >= 15 is 0 Å². The van der Waals surface area contributed by atoms with E-state index in [1.807, 2.05) is 0 Å². The zero-order chi connectivity index (χ0) is 22.8. The van der Waals surface area contributed by atoms with Crippen molar-refractivity contribution in [2.24, 2.45) is 5.92 Å². The number of hydrogen-bond acceptors (Lipinski definition) is 5. The van der Waals surface area contributed by atoms with Crippen LogP contribution < -0.4 is 0 Å². The van der Waals surface area contributed by atoms with E-state index < -0.39 is 31.5 Å². The van der Waals surface area contributed by atoms with Gasteiger partial charge in [-0.2, -0.15) is 0 Å². The van der Waals surface area contributed by atoms with E-state index in [9.17, 15) is 9.59 Å². The van der Waals surface area contributed by atoms with Gasteiger partial charge < -0.3 is 0 Å². The number of carbonyl (C=O) groups is 2. The summed E-state index contributed by atoms with van der Waals surface area (Å²) < 4.78 is 10.0. The summed E-state index contributed by atoms with van der Waals surface area (Å²) in [5.41, 5.74) is 0. The van der Waals surface area contributed by atoms with Crippen LogP contribution in [0.15, 0.2) is 0 Å². The molecule has 0 aliphatic rings. The maximum atomic E-state index is 12.0. The molecule has 177 valence electrons. The number of rotatable bonds is 19. The molecule has 0 bridgehead atoms. The number of unbranched alkanes of at least 4 members (excludes halogenated alkanes) is 4. The van der Waals surface area contributed by atoms with Crippen LogP contribution in [0.2, 0.25) is 13.3 Å². The normalized spacial score (nSPS) is 14.4. The second-order valence-electron chi connectivity index (χ2n) is 8.50. The maximum absolute atomic E-state index is 12.0. The van der Waals surface area contributed by atoms with Crippen molar-refractivity contribution in [3.05, 3.63) is 0 Å². The van der Waals surface area contributed by atoms with Crippen LogP contribution >= 0.6 is 0 Å². The van der Waals surface area contributed by atoms with Crippen molar-refractivity contribution in [1.29, 1.82) is 0 Å². The van der Waals surface area contributed by atoms with Crippen molar-refractivity contribution in [2.75, 3.05) is 0 Å². The summed E-state index contributed by atoms with van der Waals surface area (Å²) in [6, 6.07) is 0. The van der Waals surface area contributed by atoms with Gasteiger partial charge in [-0.25, -0.2) is 0 Å². The zero-order valence-corrected chi connectivity index (χ0v) is 23.4. The summed E-state index contributed by atoms with van der Waals surface area (Å²) in [5, 5.41) is 0. The number of carbonyl (C=O) groups excluding carboxylic acids is 2. The van der Waals surface area contributed by atoms with Gasteiger partial charge in [0.05, 0.1) is 0 Å². The summed E-state index contributed by atoms with van der Waals surface area (Å²) in [6.45, 7) is 11.6. The molecule has 0 aromatic heterocycles. The van der Waals surface area contributed by atoms with E-state index in [-0.39, 0.29) is 11.9 Å². The third-order valence-electron chi connectivity index (χ3n) is 5.64. The second kappa shape index (κ2) is 18.3. The fourth-order valence-corrected chi connectivity index (χ4v) is 13.1. The molecule has 0 fully saturated rings. The van der Waals surface area contributed by atoms with Gasteiger partial charge in [-0.1, -0.05) is 0 Å². The van der Waals surface area contributed by atoms with Gasteiger partial charge in [0, 0.05) is 0 Å². The fourth-order valence-electron chi connectivity index (χ4n) is 3.90. The Morgan fingerprint density at radius 3 is 1.80 bits per heavy atom. The van der Waals surface area contributed by atoms with Gasteiger partial charge in [-0.15, -0.1) is 0 Å². The van der Waals surface area contributed by atoms with Crippen LogP contribution in [0.3, 0.4) is 0 Å². The van der Waals surface area contributed by atoms with Crippen LogP contribution in [0.4, 0.5) is 0 Å². The standard InChI is InChI=1S/C16H29O5.2C4H9.Sn/c1-6-9-11-15(8-3)16(12-10-7-2,19-13(4)17)21-20-14(5)18;2*1-3-4-2;/h15H,3,6-12H2,1-2,4-5H3;2*1,3-4H2,2H3;. The average molecular weight is 534 g/mol. The van der Waals surface area contributed by atoms with Crippen LogP contribution in [0, 0.1) is 5.92 Å². The quantitative estimate of drug-likeness (QED) is 0.0576. The van der Waals surface area contributed by atoms with E-state index in [0.717, 1.165) is 38.5 Å². The number of ether oxygens (including phenoxy) is 1. The molecular formula is C24H47O5Sn. The van der Waals surface area contributed by atoms with Crippen molar-refractivity contribution in [3.8, 4) is 0 Å². The molecule has 0 amide bonds. The summed E-state index contributed by atoms with van der Waals surface area (Å²) >= 11 is -1.47. The Hall–Kier alpha value is -0.301. The second-order valence-corrected chi connectivity index (χ2v) is 17.1. The molecule has 5 nitrogen and oxygen atoms in total. The molecule has 0 aromatic carbocycles. The van der Waals surface area contributed by atoms with Crippen LogP contribution in [0.1, 0.15) is 112 Å². The first kappa shape index (κ1) is 29.7. The predicted molar refractivity (Wildman–Crippen MR) is 124 cm³/mol. The molecule has 0 heterocycles. The molecule has 0 N–H and O–H groups in total. The summed E-state index contributed by atoms with van der Waals surface area (Å²) in [7, 11) is 0. The summed E-state index contributed by atoms with van der Waals surface area (Å²) in [4.78, 5) is 34.2. The monoisotopic (exact) mass is 535 g/mol.